The Hall–Kier alpha value is -2.03. The average molecular weight is 256 g/mol. The van der Waals surface area contributed by atoms with Crippen LogP contribution in [-0.2, 0) is 0 Å². The van der Waals surface area contributed by atoms with Crippen LogP contribution < -0.4 is 10.1 Å². The topological polar surface area (TPSA) is 34.1 Å². The van der Waals surface area contributed by atoms with E-state index in [1.54, 1.807) is 0 Å². The third-order valence-corrected chi connectivity index (χ3v) is 2.88. The van der Waals surface area contributed by atoms with Crippen LogP contribution >= 0.6 is 0 Å². The summed E-state index contributed by atoms with van der Waals surface area (Å²) in [6.07, 6.45) is 0.0865. The van der Waals surface area contributed by atoms with Gasteiger partial charge in [0.05, 0.1) is 6.54 Å². The zero-order valence-electron chi connectivity index (χ0n) is 11.7. The first-order valence-corrected chi connectivity index (χ1v) is 6.55. The van der Waals surface area contributed by atoms with Gasteiger partial charge in [0, 0.05) is 5.69 Å². The number of ether oxygens (including phenoxy) is 1. The lowest BCUT2D eigenvalue weighted by molar-refractivity contribution is 0.233. The maximum atomic E-state index is 5.91. The number of benzene rings is 1. The van der Waals surface area contributed by atoms with Crippen molar-refractivity contribution in [2.75, 3.05) is 11.9 Å². The molecule has 3 nitrogen and oxygen atoms in total. The summed E-state index contributed by atoms with van der Waals surface area (Å²) in [5, 5.41) is 3.29. The second-order valence-electron chi connectivity index (χ2n) is 4.74. The highest BCUT2D eigenvalue weighted by Gasteiger charge is 2.06. The highest BCUT2D eigenvalue weighted by atomic mass is 16.5. The number of nitrogens with zero attached hydrogens (tertiary/aromatic N) is 1. The SMILES string of the molecule is Cc1cccc(NCC(C)Oc2ccccc2C)n1. The van der Waals surface area contributed by atoms with E-state index in [9.17, 15) is 0 Å². The molecule has 1 aromatic carbocycles. The molecule has 1 N–H and O–H groups in total. The number of aryl methyl sites for hydroxylation is 2. The molecule has 1 unspecified atom stereocenters. The minimum atomic E-state index is 0.0865. The van der Waals surface area contributed by atoms with Crippen molar-refractivity contribution in [1.82, 2.24) is 4.98 Å². The van der Waals surface area contributed by atoms with Crippen molar-refractivity contribution in [1.29, 1.82) is 0 Å². The van der Waals surface area contributed by atoms with Crippen LogP contribution in [0.3, 0.4) is 0 Å². The lowest BCUT2D eigenvalue weighted by Crippen LogP contribution is -2.23. The molecule has 0 spiro atoms. The number of pyridine rings is 1. The number of aromatic nitrogens is 1. The summed E-state index contributed by atoms with van der Waals surface area (Å²) in [5.74, 6) is 1.83. The van der Waals surface area contributed by atoms with Gasteiger partial charge in [0.1, 0.15) is 17.7 Å². The van der Waals surface area contributed by atoms with E-state index < -0.39 is 0 Å². The van der Waals surface area contributed by atoms with E-state index in [4.69, 9.17) is 4.74 Å². The van der Waals surface area contributed by atoms with Gasteiger partial charge in [0.2, 0.25) is 0 Å². The minimum absolute atomic E-state index is 0.0865. The van der Waals surface area contributed by atoms with Crippen molar-refractivity contribution in [3.05, 3.63) is 53.7 Å². The van der Waals surface area contributed by atoms with Crippen molar-refractivity contribution in [3.8, 4) is 5.75 Å². The lowest BCUT2D eigenvalue weighted by Gasteiger charge is -2.17. The third-order valence-electron chi connectivity index (χ3n) is 2.88. The first-order chi connectivity index (χ1) is 9.15. The van der Waals surface area contributed by atoms with Crippen molar-refractivity contribution >= 4 is 5.82 Å². The van der Waals surface area contributed by atoms with Gasteiger partial charge in [-0.05, 0) is 44.5 Å². The molecule has 1 atom stereocenters. The molecule has 0 fully saturated rings. The van der Waals surface area contributed by atoms with Crippen LogP contribution in [0, 0.1) is 13.8 Å². The number of hydrogen-bond donors (Lipinski definition) is 1. The van der Waals surface area contributed by atoms with E-state index in [1.807, 2.05) is 43.3 Å². The molecule has 0 aliphatic heterocycles. The van der Waals surface area contributed by atoms with Gasteiger partial charge in [-0.3, -0.25) is 0 Å². The molecule has 0 aliphatic carbocycles. The summed E-state index contributed by atoms with van der Waals surface area (Å²) in [5.41, 5.74) is 2.17. The molecule has 0 amide bonds. The molecule has 3 heteroatoms. The molecule has 0 saturated carbocycles. The standard InChI is InChI=1S/C16H20N2O/c1-12-7-4-5-9-15(12)19-14(3)11-17-16-10-6-8-13(2)18-16/h4-10,14H,11H2,1-3H3,(H,17,18). The van der Waals surface area contributed by atoms with Gasteiger partial charge in [0.25, 0.3) is 0 Å². The lowest BCUT2D eigenvalue weighted by atomic mass is 10.2. The fourth-order valence-electron chi connectivity index (χ4n) is 1.84. The number of para-hydroxylation sites is 1. The quantitative estimate of drug-likeness (QED) is 0.888. The Kier molecular flexibility index (Phi) is 4.39. The van der Waals surface area contributed by atoms with Gasteiger partial charge < -0.3 is 10.1 Å². The predicted molar refractivity (Wildman–Crippen MR) is 78.7 cm³/mol. The van der Waals surface area contributed by atoms with Crippen molar-refractivity contribution in [2.24, 2.45) is 0 Å². The van der Waals surface area contributed by atoms with Crippen molar-refractivity contribution in [3.63, 3.8) is 0 Å². The molecule has 0 saturated heterocycles. The zero-order valence-corrected chi connectivity index (χ0v) is 11.7. The summed E-state index contributed by atoms with van der Waals surface area (Å²) >= 11 is 0. The van der Waals surface area contributed by atoms with Crippen LogP contribution in [0.5, 0.6) is 5.75 Å². The Labute approximate surface area is 114 Å². The second kappa shape index (κ2) is 6.23. The third kappa shape index (κ3) is 3.98. The van der Waals surface area contributed by atoms with E-state index in [0.29, 0.717) is 0 Å². The highest BCUT2D eigenvalue weighted by molar-refractivity contribution is 5.35. The van der Waals surface area contributed by atoms with Crippen molar-refractivity contribution < 1.29 is 4.74 Å². The number of nitrogens with one attached hydrogen (secondary N) is 1. The Morgan fingerprint density at radius 3 is 2.63 bits per heavy atom. The van der Waals surface area contributed by atoms with E-state index in [0.717, 1.165) is 29.4 Å². The Morgan fingerprint density at radius 1 is 1.11 bits per heavy atom. The molecular weight excluding hydrogens is 236 g/mol. The molecule has 2 rings (SSSR count). The Morgan fingerprint density at radius 2 is 1.89 bits per heavy atom. The summed E-state index contributed by atoms with van der Waals surface area (Å²) in [6.45, 7) is 6.82. The largest absolute Gasteiger partial charge is 0.489 e. The fraction of sp³-hybridized carbons (Fsp3) is 0.312. The van der Waals surface area contributed by atoms with Crippen LogP contribution in [0.15, 0.2) is 42.5 Å². The molecule has 100 valence electrons. The number of rotatable bonds is 5. The minimum Gasteiger partial charge on any atom is -0.489 e. The van der Waals surface area contributed by atoms with Gasteiger partial charge in [0.15, 0.2) is 0 Å². The normalized spacial score (nSPS) is 11.9. The van der Waals surface area contributed by atoms with E-state index in [1.165, 1.54) is 0 Å². The van der Waals surface area contributed by atoms with Crippen LogP contribution in [0.25, 0.3) is 0 Å². The maximum Gasteiger partial charge on any atom is 0.126 e. The summed E-state index contributed by atoms with van der Waals surface area (Å²) in [6, 6.07) is 14.0. The first-order valence-electron chi connectivity index (χ1n) is 6.55. The molecule has 1 heterocycles. The zero-order chi connectivity index (χ0) is 13.7. The summed E-state index contributed by atoms with van der Waals surface area (Å²) in [4.78, 5) is 4.40. The average Bonchev–Trinajstić information content (AvgIpc) is 2.39. The van der Waals surface area contributed by atoms with Crippen LogP contribution in [0.4, 0.5) is 5.82 Å². The summed E-state index contributed by atoms with van der Waals surface area (Å²) in [7, 11) is 0. The highest BCUT2D eigenvalue weighted by Crippen LogP contribution is 2.17. The smallest absolute Gasteiger partial charge is 0.126 e. The van der Waals surface area contributed by atoms with Crippen LogP contribution in [-0.4, -0.2) is 17.6 Å². The van der Waals surface area contributed by atoms with Gasteiger partial charge in [-0.2, -0.15) is 0 Å². The number of hydrogen-bond acceptors (Lipinski definition) is 3. The molecule has 19 heavy (non-hydrogen) atoms. The second-order valence-corrected chi connectivity index (χ2v) is 4.74. The monoisotopic (exact) mass is 256 g/mol. The van der Waals surface area contributed by atoms with Gasteiger partial charge in [-0.25, -0.2) is 4.98 Å². The molecule has 0 bridgehead atoms. The molecule has 1 aromatic heterocycles. The van der Waals surface area contributed by atoms with Gasteiger partial charge in [-0.1, -0.05) is 24.3 Å². The predicted octanol–water partition coefficient (Wildman–Crippen LogP) is 3.58. The molecule has 0 aliphatic rings. The maximum absolute atomic E-state index is 5.91. The number of anilines is 1. The van der Waals surface area contributed by atoms with Crippen LogP contribution in [0.1, 0.15) is 18.2 Å². The Bertz CT molecular complexity index is 540. The summed E-state index contributed by atoms with van der Waals surface area (Å²) < 4.78 is 5.91. The van der Waals surface area contributed by atoms with E-state index in [2.05, 4.69) is 30.2 Å². The van der Waals surface area contributed by atoms with Crippen LogP contribution in [0.2, 0.25) is 0 Å². The van der Waals surface area contributed by atoms with Gasteiger partial charge >= 0.3 is 0 Å². The van der Waals surface area contributed by atoms with E-state index >= 15 is 0 Å². The molecule has 0 radical (unpaired) electrons. The van der Waals surface area contributed by atoms with Crippen molar-refractivity contribution in [2.45, 2.75) is 26.9 Å². The fourth-order valence-corrected chi connectivity index (χ4v) is 1.84. The first kappa shape index (κ1) is 13.4. The molecular formula is C16H20N2O. The molecule has 2 aromatic rings. The van der Waals surface area contributed by atoms with Gasteiger partial charge in [-0.15, -0.1) is 0 Å². The Balaban J connectivity index is 1.88. The van der Waals surface area contributed by atoms with E-state index in [-0.39, 0.29) is 6.10 Å².